The van der Waals surface area contributed by atoms with Crippen molar-refractivity contribution in [1.82, 2.24) is 9.62 Å². The van der Waals surface area contributed by atoms with Gasteiger partial charge in [0.25, 0.3) is 11.8 Å². The molecule has 2 N–H and O–H groups in total. The van der Waals surface area contributed by atoms with E-state index in [0.717, 1.165) is 38.5 Å². The fraction of sp³-hybridized carbons (Fsp3) is 0.417. The Morgan fingerprint density at radius 3 is 2.16 bits per heavy atom. The van der Waals surface area contributed by atoms with Crippen LogP contribution in [0.4, 0.5) is 5.69 Å². The van der Waals surface area contributed by atoms with Crippen LogP contribution in [-0.4, -0.2) is 43.7 Å². The van der Waals surface area contributed by atoms with Gasteiger partial charge in [0.2, 0.25) is 10.0 Å². The van der Waals surface area contributed by atoms with Gasteiger partial charge >= 0.3 is 0 Å². The number of carbonyl (C=O) groups excluding carboxylic acids is 2. The number of amides is 2. The Hall–Kier alpha value is -2.71. The molecule has 2 fully saturated rings. The summed E-state index contributed by atoms with van der Waals surface area (Å²) in [6.07, 6.45) is 7.14. The van der Waals surface area contributed by atoms with E-state index >= 15 is 0 Å². The molecule has 1 aliphatic carbocycles. The highest BCUT2D eigenvalue weighted by atomic mass is 32.2. The maximum atomic E-state index is 12.8. The standard InChI is InChI=1S/C24H29N3O4S/c28-23(18-12-14-20(15-13-18)32(30,31)27-16-6-7-17-27)26-22-11-5-4-10-21(22)24(29)25-19-8-2-1-3-9-19/h4-5,10-15,19H,1-3,6-9,16-17H2,(H,25,29)(H,26,28). The van der Waals surface area contributed by atoms with E-state index in [1.54, 1.807) is 24.3 Å². The lowest BCUT2D eigenvalue weighted by Crippen LogP contribution is -2.36. The Morgan fingerprint density at radius 2 is 1.47 bits per heavy atom. The van der Waals surface area contributed by atoms with Crippen molar-refractivity contribution in [2.75, 3.05) is 18.4 Å². The van der Waals surface area contributed by atoms with Crippen molar-refractivity contribution in [3.05, 3.63) is 59.7 Å². The van der Waals surface area contributed by atoms with E-state index in [2.05, 4.69) is 10.6 Å². The van der Waals surface area contributed by atoms with Crippen LogP contribution in [0.1, 0.15) is 65.7 Å². The molecule has 1 aliphatic heterocycles. The van der Waals surface area contributed by atoms with E-state index in [-0.39, 0.29) is 16.8 Å². The summed E-state index contributed by atoms with van der Waals surface area (Å²) >= 11 is 0. The Kier molecular flexibility index (Phi) is 6.91. The second-order valence-corrected chi connectivity index (χ2v) is 10.4. The zero-order chi connectivity index (χ0) is 22.6. The monoisotopic (exact) mass is 455 g/mol. The Morgan fingerprint density at radius 1 is 0.812 bits per heavy atom. The number of hydrogen-bond acceptors (Lipinski definition) is 4. The van der Waals surface area contributed by atoms with Gasteiger partial charge in [-0.3, -0.25) is 9.59 Å². The molecule has 0 spiro atoms. The molecular formula is C24H29N3O4S. The average Bonchev–Trinajstić information content (AvgIpc) is 3.36. The number of hydrogen-bond donors (Lipinski definition) is 2. The number of nitrogens with one attached hydrogen (secondary N) is 2. The molecular weight excluding hydrogens is 426 g/mol. The number of anilines is 1. The van der Waals surface area contributed by atoms with E-state index < -0.39 is 15.9 Å². The van der Waals surface area contributed by atoms with Crippen LogP contribution >= 0.6 is 0 Å². The first-order valence-electron chi connectivity index (χ1n) is 11.3. The molecule has 2 aromatic carbocycles. The summed E-state index contributed by atoms with van der Waals surface area (Å²) in [5, 5.41) is 5.88. The molecule has 2 aromatic rings. The molecule has 1 saturated heterocycles. The number of rotatable bonds is 6. The largest absolute Gasteiger partial charge is 0.349 e. The lowest BCUT2D eigenvalue weighted by molar-refractivity contribution is 0.0928. The van der Waals surface area contributed by atoms with Gasteiger partial charge in [-0.15, -0.1) is 0 Å². The molecule has 7 nitrogen and oxygen atoms in total. The lowest BCUT2D eigenvalue weighted by Gasteiger charge is -2.23. The highest BCUT2D eigenvalue weighted by Crippen LogP contribution is 2.23. The van der Waals surface area contributed by atoms with Gasteiger partial charge in [0, 0.05) is 24.7 Å². The number of carbonyl (C=O) groups is 2. The number of sulfonamides is 1. The normalized spacial score (nSPS) is 17.8. The summed E-state index contributed by atoms with van der Waals surface area (Å²) in [7, 11) is -3.52. The van der Waals surface area contributed by atoms with Crippen LogP contribution in [0.5, 0.6) is 0 Å². The average molecular weight is 456 g/mol. The van der Waals surface area contributed by atoms with Crippen molar-refractivity contribution in [1.29, 1.82) is 0 Å². The summed E-state index contributed by atoms with van der Waals surface area (Å²) in [6.45, 7) is 1.06. The van der Waals surface area contributed by atoms with Crippen LogP contribution in [0.3, 0.4) is 0 Å². The van der Waals surface area contributed by atoms with Gasteiger partial charge in [0.1, 0.15) is 0 Å². The Balaban J connectivity index is 1.45. The first kappa shape index (κ1) is 22.5. The molecule has 2 aliphatic rings. The van der Waals surface area contributed by atoms with Gasteiger partial charge in [-0.2, -0.15) is 4.31 Å². The number of nitrogens with zero attached hydrogens (tertiary/aromatic N) is 1. The van der Waals surface area contributed by atoms with Crippen molar-refractivity contribution in [3.63, 3.8) is 0 Å². The quantitative estimate of drug-likeness (QED) is 0.693. The summed E-state index contributed by atoms with van der Waals surface area (Å²) in [5.41, 5.74) is 1.17. The second kappa shape index (κ2) is 9.83. The molecule has 32 heavy (non-hydrogen) atoms. The molecule has 170 valence electrons. The molecule has 4 rings (SSSR count). The van der Waals surface area contributed by atoms with Gasteiger partial charge in [0.15, 0.2) is 0 Å². The summed E-state index contributed by atoms with van der Waals surface area (Å²) in [5.74, 6) is -0.590. The maximum absolute atomic E-state index is 12.8. The molecule has 2 amide bonds. The van der Waals surface area contributed by atoms with Gasteiger partial charge < -0.3 is 10.6 Å². The van der Waals surface area contributed by atoms with E-state index in [1.807, 2.05) is 0 Å². The van der Waals surface area contributed by atoms with Crippen molar-refractivity contribution in [2.45, 2.75) is 55.9 Å². The molecule has 1 heterocycles. The number of benzene rings is 2. The van der Waals surface area contributed by atoms with Crippen molar-refractivity contribution < 1.29 is 18.0 Å². The highest BCUT2D eigenvalue weighted by molar-refractivity contribution is 7.89. The smallest absolute Gasteiger partial charge is 0.255 e. The van der Waals surface area contributed by atoms with Crippen LogP contribution in [0.2, 0.25) is 0 Å². The van der Waals surface area contributed by atoms with E-state index in [9.17, 15) is 18.0 Å². The van der Waals surface area contributed by atoms with Gasteiger partial charge in [-0.05, 0) is 62.1 Å². The van der Waals surface area contributed by atoms with Crippen LogP contribution in [-0.2, 0) is 10.0 Å². The topological polar surface area (TPSA) is 95.6 Å². The molecule has 8 heteroatoms. The fourth-order valence-electron chi connectivity index (χ4n) is 4.35. The molecule has 0 atom stereocenters. The predicted octanol–water partition coefficient (Wildman–Crippen LogP) is 3.79. The minimum absolute atomic E-state index is 0.171. The van der Waals surface area contributed by atoms with Crippen LogP contribution in [0, 0.1) is 0 Å². The SMILES string of the molecule is O=C(Nc1ccccc1C(=O)NC1CCCCC1)c1ccc(S(=O)(=O)N2CCCC2)cc1. The molecule has 0 radical (unpaired) electrons. The molecule has 0 aromatic heterocycles. The first-order chi connectivity index (χ1) is 15.4. The van der Waals surface area contributed by atoms with E-state index in [0.29, 0.717) is 29.9 Å². The zero-order valence-electron chi connectivity index (χ0n) is 18.0. The van der Waals surface area contributed by atoms with Crippen molar-refractivity contribution in [3.8, 4) is 0 Å². The van der Waals surface area contributed by atoms with Crippen LogP contribution in [0.15, 0.2) is 53.4 Å². The van der Waals surface area contributed by atoms with Crippen molar-refractivity contribution in [2.24, 2.45) is 0 Å². The van der Waals surface area contributed by atoms with Crippen LogP contribution in [0.25, 0.3) is 0 Å². The van der Waals surface area contributed by atoms with Gasteiger partial charge in [0.05, 0.1) is 16.1 Å². The lowest BCUT2D eigenvalue weighted by atomic mass is 9.95. The fourth-order valence-corrected chi connectivity index (χ4v) is 5.87. The summed E-state index contributed by atoms with van der Waals surface area (Å²) < 4.78 is 26.8. The Labute approximate surface area is 189 Å². The predicted molar refractivity (Wildman–Crippen MR) is 123 cm³/mol. The van der Waals surface area contributed by atoms with Gasteiger partial charge in [-0.1, -0.05) is 31.4 Å². The van der Waals surface area contributed by atoms with Crippen molar-refractivity contribution >= 4 is 27.5 Å². The minimum Gasteiger partial charge on any atom is -0.349 e. The molecule has 0 bridgehead atoms. The Bertz CT molecular complexity index is 1070. The summed E-state index contributed by atoms with van der Waals surface area (Å²) in [4.78, 5) is 25.8. The molecule has 0 unspecified atom stereocenters. The third-order valence-electron chi connectivity index (χ3n) is 6.18. The first-order valence-corrected chi connectivity index (χ1v) is 12.7. The third kappa shape index (κ3) is 5.02. The third-order valence-corrected chi connectivity index (χ3v) is 8.09. The zero-order valence-corrected chi connectivity index (χ0v) is 18.9. The number of para-hydroxylation sites is 1. The van der Waals surface area contributed by atoms with E-state index in [4.69, 9.17) is 0 Å². The summed E-state index contributed by atoms with van der Waals surface area (Å²) in [6, 6.07) is 13.0. The van der Waals surface area contributed by atoms with Gasteiger partial charge in [-0.25, -0.2) is 8.42 Å². The maximum Gasteiger partial charge on any atom is 0.255 e. The highest BCUT2D eigenvalue weighted by Gasteiger charge is 2.27. The minimum atomic E-state index is -3.52. The second-order valence-electron chi connectivity index (χ2n) is 8.44. The van der Waals surface area contributed by atoms with E-state index in [1.165, 1.54) is 35.0 Å². The molecule has 1 saturated carbocycles. The van der Waals surface area contributed by atoms with Crippen LogP contribution < -0.4 is 10.6 Å².